The molecule has 9 heteroatoms. The van der Waals surface area contributed by atoms with Gasteiger partial charge >= 0.3 is 0 Å². The molecule has 4 rings (SSSR count). The first-order chi connectivity index (χ1) is 14.8. The van der Waals surface area contributed by atoms with Gasteiger partial charge in [-0.15, -0.1) is 0 Å². The first-order valence-electron chi connectivity index (χ1n) is 9.53. The molecule has 0 aliphatic carbocycles. The first-order valence-corrected chi connectivity index (χ1v) is 10.3. The maximum Gasteiger partial charge on any atom is 0.208 e. The van der Waals surface area contributed by atoms with Gasteiger partial charge in [0, 0.05) is 39.1 Å². The molecule has 1 aromatic carbocycles. The number of halogens is 4. The number of pyridine rings is 2. The molecule has 3 unspecified atom stereocenters. The van der Waals surface area contributed by atoms with Gasteiger partial charge in [-0.1, -0.05) is 35.3 Å². The van der Waals surface area contributed by atoms with Gasteiger partial charge in [-0.25, -0.2) is 13.8 Å². The summed E-state index contributed by atoms with van der Waals surface area (Å²) in [7, 11) is 0. The van der Waals surface area contributed by atoms with Crippen molar-refractivity contribution in [1.82, 2.24) is 9.97 Å². The molecule has 0 saturated carbocycles. The van der Waals surface area contributed by atoms with Crippen LogP contribution in [0.25, 0.3) is 11.1 Å². The topological polar surface area (TPSA) is 70.3 Å². The number of anilines is 1. The Labute approximate surface area is 188 Å². The number of aromatic nitrogens is 2. The number of nitrogen functional groups attached to an aromatic ring is 1. The molecule has 0 spiro atoms. The van der Waals surface area contributed by atoms with Crippen molar-refractivity contribution in [1.29, 1.82) is 0 Å². The van der Waals surface area contributed by atoms with Crippen molar-refractivity contribution >= 4 is 29.0 Å². The summed E-state index contributed by atoms with van der Waals surface area (Å²) in [4.78, 5) is 8.29. The Morgan fingerprint density at radius 3 is 2.48 bits per heavy atom. The summed E-state index contributed by atoms with van der Waals surface area (Å²) in [6.07, 6.45) is 0.763. The van der Waals surface area contributed by atoms with Crippen LogP contribution in [-0.4, -0.2) is 29.4 Å². The smallest absolute Gasteiger partial charge is 0.208 e. The molecule has 1 aliphatic heterocycles. The normalized spacial score (nSPS) is 21.8. The Kier molecular flexibility index (Phi) is 6.01. The molecule has 5 nitrogen and oxygen atoms in total. The van der Waals surface area contributed by atoms with Crippen molar-refractivity contribution in [2.45, 2.75) is 24.9 Å². The van der Waals surface area contributed by atoms with Crippen molar-refractivity contribution in [2.75, 3.05) is 18.9 Å². The monoisotopic (exact) mass is 465 g/mol. The predicted octanol–water partition coefficient (Wildman–Crippen LogP) is 5.71. The highest BCUT2D eigenvalue weighted by molar-refractivity contribution is 6.36. The summed E-state index contributed by atoms with van der Waals surface area (Å²) < 4.78 is 39.6. The minimum Gasteiger partial charge on any atom is -0.482 e. The zero-order valence-electron chi connectivity index (χ0n) is 16.5. The van der Waals surface area contributed by atoms with Crippen molar-refractivity contribution < 1.29 is 18.3 Å². The highest BCUT2D eigenvalue weighted by atomic mass is 35.5. The first kappa shape index (κ1) is 21.7. The Morgan fingerprint density at radius 2 is 1.87 bits per heavy atom. The predicted molar refractivity (Wildman–Crippen MR) is 116 cm³/mol. The van der Waals surface area contributed by atoms with E-state index in [2.05, 4.69) is 9.97 Å². The van der Waals surface area contributed by atoms with Gasteiger partial charge in [0.2, 0.25) is 5.67 Å². The third-order valence-corrected chi connectivity index (χ3v) is 5.85. The third kappa shape index (κ3) is 4.18. The van der Waals surface area contributed by atoms with Crippen LogP contribution >= 0.6 is 23.2 Å². The van der Waals surface area contributed by atoms with Crippen LogP contribution in [0, 0.1) is 0 Å². The number of rotatable bonds is 5. The lowest BCUT2D eigenvalue weighted by molar-refractivity contribution is 0.0756. The molecule has 0 bridgehead atoms. The third-order valence-electron chi connectivity index (χ3n) is 5.19. The summed E-state index contributed by atoms with van der Waals surface area (Å²) in [5.41, 5.74) is 5.66. The minimum absolute atomic E-state index is 0.0110. The Balaban J connectivity index is 1.59. The van der Waals surface area contributed by atoms with E-state index in [0.717, 1.165) is 0 Å². The molecule has 162 valence electrons. The molecule has 0 radical (unpaired) electrons. The maximum atomic E-state index is 14.8. The van der Waals surface area contributed by atoms with E-state index >= 15 is 0 Å². The lowest BCUT2D eigenvalue weighted by Crippen LogP contribution is -2.31. The zero-order valence-corrected chi connectivity index (χ0v) is 18.0. The van der Waals surface area contributed by atoms with Gasteiger partial charge in [0.25, 0.3) is 0 Å². The van der Waals surface area contributed by atoms with Crippen LogP contribution in [0.1, 0.15) is 24.3 Å². The molecule has 3 atom stereocenters. The fraction of sp³-hybridized carbons (Fsp3) is 0.273. The van der Waals surface area contributed by atoms with Crippen LogP contribution in [0.2, 0.25) is 10.0 Å². The summed E-state index contributed by atoms with van der Waals surface area (Å²) >= 11 is 12.5. The molecular weight excluding hydrogens is 447 g/mol. The number of nitrogens with zero attached hydrogens (tertiary/aromatic N) is 2. The van der Waals surface area contributed by atoms with E-state index in [9.17, 15) is 8.78 Å². The highest BCUT2D eigenvalue weighted by Crippen LogP contribution is 2.38. The van der Waals surface area contributed by atoms with Crippen LogP contribution in [0.3, 0.4) is 0 Å². The van der Waals surface area contributed by atoms with E-state index in [1.165, 1.54) is 12.3 Å². The Bertz CT molecular complexity index is 1080. The van der Waals surface area contributed by atoms with Crippen molar-refractivity contribution in [3.05, 3.63) is 70.1 Å². The molecule has 1 aliphatic rings. The number of ether oxygens (including phenoxy) is 2. The number of benzene rings is 1. The van der Waals surface area contributed by atoms with Crippen molar-refractivity contribution in [2.24, 2.45) is 0 Å². The molecule has 1 fully saturated rings. The van der Waals surface area contributed by atoms with E-state index in [0.29, 0.717) is 32.5 Å². The summed E-state index contributed by atoms with van der Waals surface area (Å²) in [5, 5.41) is 0.953. The van der Waals surface area contributed by atoms with Gasteiger partial charge in [-0.2, -0.15) is 0 Å². The molecule has 3 heterocycles. The quantitative estimate of drug-likeness (QED) is 0.522. The fourth-order valence-electron chi connectivity index (χ4n) is 3.43. The van der Waals surface area contributed by atoms with Crippen LogP contribution in [0.4, 0.5) is 14.6 Å². The lowest BCUT2D eigenvalue weighted by Gasteiger charge is -2.20. The second kappa shape index (κ2) is 8.57. The zero-order chi connectivity index (χ0) is 22.2. The van der Waals surface area contributed by atoms with Gasteiger partial charge < -0.3 is 15.2 Å². The highest BCUT2D eigenvalue weighted by Gasteiger charge is 2.48. The Hall–Kier alpha value is -2.48. The van der Waals surface area contributed by atoms with E-state index in [4.69, 9.17) is 38.4 Å². The fourth-order valence-corrected chi connectivity index (χ4v) is 4.14. The second-order valence-corrected chi connectivity index (χ2v) is 8.09. The number of hydrogen-bond acceptors (Lipinski definition) is 5. The number of hydrogen-bond donors (Lipinski definition) is 1. The molecular formula is C22H19Cl2F2N3O2. The number of nitrogens with two attached hydrogens (primary N) is 1. The molecule has 0 amide bonds. The van der Waals surface area contributed by atoms with Crippen molar-refractivity contribution in [3.63, 3.8) is 0 Å². The van der Waals surface area contributed by atoms with Crippen LogP contribution in [0.5, 0.6) is 5.75 Å². The molecule has 2 N–H and O–H groups in total. The summed E-state index contributed by atoms with van der Waals surface area (Å²) in [5.74, 6) is 0.523. The standard InChI is InChI=1S/C22H19Cl2F2N3O2/c1-12(20-15(23)3-2-4-16(20)24)31-17-7-14(9-29-21(17)27)13-5-6-19(28-8-13)22(26)11-30-10-18(22)25/h2-9,12,18H,10-11H2,1H3,(H2,27,29). The largest absolute Gasteiger partial charge is 0.482 e. The van der Waals surface area contributed by atoms with Gasteiger partial charge in [-0.3, -0.25) is 4.98 Å². The summed E-state index contributed by atoms with van der Waals surface area (Å²) in [6, 6.07) is 9.98. The average Bonchev–Trinajstić information content (AvgIpc) is 3.09. The van der Waals surface area contributed by atoms with Gasteiger partial charge in [0.15, 0.2) is 17.7 Å². The van der Waals surface area contributed by atoms with Crippen LogP contribution < -0.4 is 10.5 Å². The SMILES string of the molecule is CC(Oc1cc(-c2ccc(C3(F)COCC3F)nc2)cnc1N)c1c(Cl)cccc1Cl. The van der Waals surface area contributed by atoms with Crippen LogP contribution in [0.15, 0.2) is 48.8 Å². The lowest BCUT2D eigenvalue weighted by atomic mass is 9.97. The van der Waals surface area contributed by atoms with E-state index in [1.54, 1.807) is 43.5 Å². The van der Waals surface area contributed by atoms with Crippen molar-refractivity contribution in [3.8, 4) is 16.9 Å². The van der Waals surface area contributed by atoms with E-state index in [1.807, 2.05) is 0 Å². The molecule has 2 aromatic heterocycles. The number of alkyl halides is 2. The van der Waals surface area contributed by atoms with Gasteiger partial charge in [0.1, 0.15) is 6.10 Å². The van der Waals surface area contributed by atoms with E-state index < -0.39 is 17.9 Å². The van der Waals surface area contributed by atoms with E-state index in [-0.39, 0.29) is 24.7 Å². The molecule has 1 saturated heterocycles. The second-order valence-electron chi connectivity index (χ2n) is 7.28. The average molecular weight is 466 g/mol. The van der Waals surface area contributed by atoms with Gasteiger partial charge in [0.05, 0.1) is 18.9 Å². The molecule has 3 aromatic rings. The maximum absolute atomic E-state index is 14.8. The summed E-state index contributed by atoms with van der Waals surface area (Å²) in [6.45, 7) is 1.16. The van der Waals surface area contributed by atoms with Crippen LogP contribution in [-0.2, 0) is 10.4 Å². The minimum atomic E-state index is -2.24. The molecule has 31 heavy (non-hydrogen) atoms. The Morgan fingerprint density at radius 1 is 1.16 bits per heavy atom. The van der Waals surface area contributed by atoms with Gasteiger partial charge in [-0.05, 0) is 31.2 Å².